The first-order valence-electron chi connectivity index (χ1n) is 9.38. The number of nitro groups is 1. The van der Waals surface area contributed by atoms with Crippen molar-refractivity contribution in [3.05, 3.63) is 61.4 Å². The van der Waals surface area contributed by atoms with E-state index in [4.69, 9.17) is 16.3 Å². The molecule has 1 aliphatic heterocycles. The van der Waals surface area contributed by atoms with E-state index < -0.39 is 34.8 Å². The molecule has 0 spiro atoms. The summed E-state index contributed by atoms with van der Waals surface area (Å²) < 4.78 is 47.1. The summed E-state index contributed by atoms with van der Waals surface area (Å²) in [6.45, 7) is 0. The maximum Gasteiger partial charge on any atom is 0.410 e. The number of nitro benzene ring substituents is 1. The number of amides is 1. The minimum Gasteiger partial charge on any atom is -0.496 e. The Kier molecular flexibility index (Phi) is 5.93. The van der Waals surface area contributed by atoms with Crippen LogP contribution in [0.4, 0.5) is 30.4 Å². The summed E-state index contributed by atoms with van der Waals surface area (Å²) >= 11 is 7.58. The first kappa shape index (κ1) is 22.9. The number of benzene rings is 1. The van der Waals surface area contributed by atoms with Crippen molar-refractivity contribution in [2.24, 2.45) is 0 Å². The Morgan fingerprint density at radius 1 is 1.42 bits per heavy atom. The van der Waals surface area contributed by atoms with E-state index in [0.717, 1.165) is 12.1 Å². The molecule has 1 aliphatic rings. The third-order valence-corrected chi connectivity index (χ3v) is 6.34. The normalized spacial score (nSPS) is 17.7. The zero-order valence-electron chi connectivity index (χ0n) is 16.7. The molecule has 0 radical (unpaired) electrons. The van der Waals surface area contributed by atoms with Crippen LogP contribution < -0.4 is 15.4 Å². The van der Waals surface area contributed by atoms with Gasteiger partial charge in [-0.1, -0.05) is 17.7 Å². The predicted molar refractivity (Wildman–Crippen MR) is 115 cm³/mol. The smallest absolute Gasteiger partial charge is 0.410 e. The minimum absolute atomic E-state index is 0.00937. The zero-order valence-corrected chi connectivity index (χ0v) is 18.3. The number of nitrogens with zero attached hydrogens (tertiary/aromatic N) is 3. The van der Waals surface area contributed by atoms with Gasteiger partial charge in [0.1, 0.15) is 16.6 Å². The van der Waals surface area contributed by atoms with Crippen LogP contribution in [0.25, 0.3) is 0 Å². The lowest BCUT2D eigenvalue weighted by Gasteiger charge is -2.32. The topological polar surface area (TPSA) is 111 Å². The van der Waals surface area contributed by atoms with Gasteiger partial charge in [0.15, 0.2) is 11.7 Å². The van der Waals surface area contributed by atoms with E-state index in [1.807, 2.05) is 0 Å². The van der Waals surface area contributed by atoms with Gasteiger partial charge in [0, 0.05) is 23.4 Å². The monoisotopic (exact) mass is 501 g/mol. The molecular formula is C19H15ClF3N5O4S. The summed E-state index contributed by atoms with van der Waals surface area (Å²) in [6.07, 6.45) is -4.97. The molecule has 3 heterocycles. The van der Waals surface area contributed by atoms with Crippen molar-refractivity contribution in [1.29, 1.82) is 0 Å². The van der Waals surface area contributed by atoms with Crippen molar-refractivity contribution < 1.29 is 27.6 Å². The van der Waals surface area contributed by atoms with Crippen molar-refractivity contribution in [1.82, 2.24) is 9.78 Å². The molecule has 174 valence electrons. The highest BCUT2D eigenvalue weighted by atomic mass is 35.5. The number of hydrogen-bond acceptors (Lipinski definition) is 7. The first-order chi connectivity index (χ1) is 15.6. The van der Waals surface area contributed by atoms with Gasteiger partial charge in [-0.05, 0) is 11.4 Å². The van der Waals surface area contributed by atoms with Crippen LogP contribution in [0.15, 0.2) is 35.7 Å². The number of carbonyl (C=O) groups is 1. The van der Waals surface area contributed by atoms with Gasteiger partial charge in [0.2, 0.25) is 0 Å². The molecule has 0 bridgehead atoms. The Bertz CT molecular complexity index is 1210. The lowest BCUT2D eigenvalue weighted by molar-refractivity contribution is -0.384. The van der Waals surface area contributed by atoms with Gasteiger partial charge in [0.25, 0.3) is 11.6 Å². The standard InChI is InChI=1S/C19H15ClF3N5O4S/c1-32-11-6-9(5-10(7-11)28(30)31)24-18(29)16-15(20)17-25-12(13-3-2-4-33-13)8-14(19(21,22)23)27(17)26-16/h2-7,12,14,25H,8H2,1H3,(H,24,29)/t12-,14+/m0/s1. The largest absolute Gasteiger partial charge is 0.496 e. The summed E-state index contributed by atoms with van der Waals surface area (Å²) in [7, 11) is 1.29. The Labute approximate surface area is 193 Å². The number of aromatic nitrogens is 2. The molecule has 0 fully saturated rings. The molecular weight excluding hydrogens is 487 g/mol. The summed E-state index contributed by atoms with van der Waals surface area (Å²) in [6, 6.07) is 4.31. The SMILES string of the molecule is COc1cc(NC(=O)c2nn3c(c2Cl)N[C@H](c2cccs2)C[C@@H]3C(F)(F)F)cc([N+](=O)[O-])c1. The number of thiophene rings is 1. The van der Waals surface area contributed by atoms with Crippen LogP contribution >= 0.6 is 22.9 Å². The van der Waals surface area contributed by atoms with Gasteiger partial charge in [-0.15, -0.1) is 11.3 Å². The molecule has 3 aromatic rings. The quantitative estimate of drug-likeness (QED) is 0.356. The van der Waals surface area contributed by atoms with Gasteiger partial charge in [-0.2, -0.15) is 18.3 Å². The minimum atomic E-state index is -4.64. The molecule has 0 saturated carbocycles. The molecule has 0 unspecified atom stereocenters. The number of alkyl halides is 3. The highest BCUT2D eigenvalue weighted by Gasteiger charge is 2.48. The van der Waals surface area contributed by atoms with E-state index in [2.05, 4.69) is 15.7 Å². The van der Waals surface area contributed by atoms with E-state index in [-0.39, 0.29) is 34.4 Å². The number of rotatable bonds is 5. The number of anilines is 2. The lowest BCUT2D eigenvalue weighted by atomic mass is 10.0. The Morgan fingerprint density at radius 2 is 2.18 bits per heavy atom. The summed E-state index contributed by atoms with van der Waals surface area (Å²) in [5.41, 5.74) is -0.812. The highest BCUT2D eigenvalue weighted by Crippen LogP contribution is 2.47. The van der Waals surface area contributed by atoms with Crippen LogP contribution in [0.5, 0.6) is 5.75 Å². The number of ether oxygens (including phenoxy) is 1. The number of methoxy groups -OCH3 is 1. The molecule has 1 aromatic carbocycles. The zero-order chi connectivity index (χ0) is 23.9. The van der Waals surface area contributed by atoms with E-state index in [0.29, 0.717) is 9.56 Å². The maximum atomic E-state index is 13.8. The first-order valence-corrected chi connectivity index (χ1v) is 10.6. The number of non-ortho nitro benzene ring substituents is 1. The number of halogens is 4. The number of nitrogens with one attached hydrogen (secondary N) is 2. The molecule has 2 atom stereocenters. The van der Waals surface area contributed by atoms with Crippen LogP contribution in [-0.4, -0.2) is 33.9 Å². The summed E-state index contributed by atoms with van der Waals surface area (Å²) in [5.74, 6) is -0.961. The Morgan fingerprint density at radius 3 is 2.79 bits per heavy atom. The van der Waals surface area contributed by atoms with Crippen LogP contribution in [0.3, 0.4) is 0 Å². The lowest BCUT2D eigenvalue weighted by Crippen LogP contribution is -2.35. The van der Waals surface area contributed by atoms with Crippen LogP contribution in [0, 0.1) is 10.1 Å². The van der Waals surface area contributed by atoms with E-state index in [1.54, 1.807) is 17.5 Å². The molecule has 0 saturated heterocycles. The molecule has 9 nitrogen and oxygen atoms in total. The van der Waals surface area contributed by atoms with Crippen molar-refractivity contribution in [2.75, 3.05) is 17.7 Å². The van der Waals surface area contributed by atoms with Crippen molar-refractivity contribution in [3.63, 3.8) is 0 Å². The second-order valence-corrected chi connectivity index (χ2v) is 8.45. The van der Waals surface area contributed by atoms with Gasteiger partial charge < -0.3 is 15.4 Å². The summed E-state index contributed by atoms with van der Waals surface area (Å²) in [5, 5.41) is 21.7. The fourth-order valence-electron chi connectivity index (χ4n) is 3.48. The van der Waals surface area contributed by atoms with Crippen molar-refractivity contribution >= 4 is 46.0 Å². The summed E-state index contributed by atoms with van der Waals surface area (Å²) in [4.78, 5) is 23.9. The van der Waals surface area contributed by atoms with Gasteiger partial charge in [0.05, 0.1) is 29.8 Å². The number of carbonyl (C=O) groups excluding carboxylic acids is 1. The average Bonchev–Trinajstić information content (AvgIpc) is 3.40. The Balaban J connectivity index is 1.69. The second kappa shape index (κ2) is 8.56. The van der Waals surface area contributed by atoms with E-state index >= 15 is 0 Å². The number of hydrogen-bond donors (Lipinski definition) is 2. The third kappa shape index (κ3) is 4.46. The van der Waals surface area contributed by atoms with Crippen LogP contribution in [0.1, 0.15) is 33.9 Å². The maximum absolute atomic E-state index is 13.8. The molecule has 2 N–H and O–H groups in total. The molecule has 14 heteroatoms. The van der Waals surface area contributed by atoms with E-state index in [1.165, 1.54) is 24.5 Å². The second-order valence-electron chi connectivity index (χ2n) is 7.09. The number of fused-ring (bicyclic) bond motifs is 1. The molecule has 2 aromatic heterocycles. The predicted octanol–water partition coefficient (Wildman–Crippen LogP) is 5.43. The fourth-order valence-corrected chi connectivity index (χ4v) is 4.54. The Hall–Kier alpha value is -3.32. The van der Waals surface area contributed by atoms with Crippen molar-refractivity contribution in [3.8, 4) is 5.75 Å². The molecule has 1 amide bonds. The van der Waals surface area contributed by atoms with Crippen LogP contribution in [-0.2, 0) is 0 Å². The van der Waals surface area contributed by atoms with E-state index in [9.17, 15) is 28.1 Å². The molecule has 0 aliphatic carbocycles. The molecule has 33 heavy (non-hydrogen) atoms. The third-order valence-electron chi connectivity index (χ3n) is 4.99. The molecule has 4 rings (SSSR count). The van der Waals surface area contributed by atoms with Gasteiger partial charge >= 0.3 is 6.18 Å². The fraction of sp³-hybridized carbons (Fsp3) is 0.263. The van der Waals surface area contributed by atoms with Gasteiger partial charge in [-0.3, -0.25) is 14.9 Å². The van der Waals surface area contributed by atoms with Crippen LogP contribution in [0.2, 0.25) is 5.02 Å². The van der Waals surface area contributed by atoms with Gasteiger partial charge in [-0.25, -0.2) is 4.68 Å². The highest BCUT2D eigenvalue weighted by molar-refractivity contribution is 7.10. The average molecular weight is 502 g/mol. The van der Waals surface area contributed by atoms with Crippen molar-refractivity contribution in [2.45, 2.75) is 24.7 Å².